The van der Waals surface area contributed by atoms with Crippen molar-refractivity contribution >= 4 is 29.5 Å². The van der Waals surface area contributed by atoms with E-state index < -0.39 is 53.9 Å². The van der Waals surface area contributed by atoms with E-state index in [1.807, 2.05) is 90.1 Å². The van der Waals surface area contributed by atoms with Crippen molar-refractivity contribution in [3.05, 3.63) is 101 Å². The molecule has 0 aliphatic rings. The lowest BCUT2D eigenvalue weighted by molar-refractivity contribution is -0.163. The standard InChI is InChI=1S/C46H63N3O8/c1-12-32(6)42(57-46(55)39(47(7)8)26-33-17-13-30(4)14-18-33)41(51)28-37(29(2)3)43(52)48(9)38(25-35-21-23-36(50)24-22-35)44(53)49(10)40(45(54)56-11)27-34-19-15-31(5)16-20-34/h13-24,29,32,37-40,42,50H,12,25-28H2,1-11H3/t32-,37+,38+,39-,40-,42+/m0/s1. The van der Waals surface area contributed by atoms with Crippen LogP contribution in [0.2, 0.25) is 0 Å². The quantitative estimate of drug-likeness (QED) is 0.137. The van der Waals surface area contributed by atoms with Crippen LogP contribution in [0.25, 0.3) is 0 Å². The first kappa shape index (κ1) is 46.4. The van der Waals surface area contributed by atoms with Crippen molar-refractivity contribution in [1.29, 1.82) is 0 Å². The molecule has 2 amide bonds. The van der Waals surface area contributed by atoms with Crippen LogP contribution in [0.1, 0.15) is 68.4 Å². The highest BCUT2D eigenvalue weighted by molar-refractivity contribution is 5.94. The maximum atomic E-state index is 14.6. The number of nitrogens with zero attached hydrogens (tertiary/aromatic N) is 3. The lowest BCUT2D eigenvalue weighted by Gasteiger charge is -2.36. The number of ether oxygens (including phenoxy) is 2. The number of carbonyl (C=O) groups is 5. The van der Waals surface area contributed by atoms with Crippen LogP contribution in [0, 0.1) is 31.6 Å². The number of aryl methyl sites for hydroxylation is 2. The summed E-state index contributed by atoms with van der Waals surface area (Å²) in [6.45, 7) is 11.4. The number of hydrogen-bond acceptors (Lipinski definition) is 9. The summed E-state index contributed by atoms with van der Waals surface area (Å²) in [7, 11) is 7.92. The number of carbonyl (C=O) groups excluding carboxylic acids is 5. The molecule has 6 atom stereocenters. The second-order valence-corrected chi connectivity index (χ2v) is 15.9. The summed E-state index contributed by atoms with van der Waals surface area (Å²) in [5.41, 5.74) is 4.63. The fourth-order valence-electron chi connectivity index (χ4n) is 6.79. The number of phenols is 1. The van der Waals surface area contributed by atoms with Crippen molar-refractivity contribution in [2.24, 2.45) is 17.8 Å². The Hall–Kier alpha value is -5.03. The van der Waals surface area contributed by atoms with Gasteiger partial charge in [-0.3, -0.25) is 24.1 Å². The fraction of sp³-hybridized carbons (Fsp3) is 0.500. The van der Waals surface area contributed by atoms with Gasteiger partial charge in [-0.2, -0.15) is 0 Å². The highest BCUT2D eigenvalue weighted by atomic mass is 16.5. The summed E-state index contributed by atoms with van der Waals surface area (Å²) >= 11 is 0. The van der Waals surface area contributed by atoms with Crippen LogP contribution < -0.4 is 0 Å². The van der Waals surface area contributed by atoms with Gasteiger partial charge in [-0.05, 0) is 75.5 Å². The van der Waals surface area contributed by atoms with E-state index >= 15 is 0 Å². The Morgan fingerprint density at radius 1 is 0.632 bits per heavy atom. The van der Waals surface area contributed by atoms with Crippen molar-refractivity contribution < 1.29 is 38.6 Å². The Morgan fingerprint density at radius 2 is 1.07 bits per heavy atom. The normalized spacial score (nSPS) is 14.5. The summed E-state index contributed by atoms with van der Waals surface area (Å²) in [5, 5.41) is 9.95. The topological polar surface area (TPSA) is 134 Å². The molecule has 310 valence electrons. The smallest absolute Gasteiger partial charge is 0.328 e. The number of esters is 2. The molecule has 0 fully saturated rings. The zero-order chi connectivity index (χ0) is 42.6. The zero-order valence-corrected chi connectivity index (χ0v) is 35.7. The predicted octanol–water partition coefficient (Wildman–Crippen LogP) is 5.98. The Kier molecular flexibility index (Phi) is 17.5. The number of ketones is 1. The van der Waals surface area contributed by atoms with Gasteiger partial charge < -0.3 is 24.4 Å². The highest BCUT2D eigenvalue weighted by Gasteiger charge is 2.40. The number of Topliss-reactive ketones (excluding diaryl/α,β-unsaturated/α-hetero) is 1. The second-order valence-electron chi connectivity index (χ2n) is 15.9. The highest BCUT2D eigenvalue weighted by Crippen LogP contribution is 2.26. The molecule has 0 spiro atoms. The molecule has 0 radical (unpaired) electrons. The Balaban J connectivity index is 1.93. The summed E-state index contributed by atoms with van der Waals surface area (Å²) in [6, 6.07) is 19.2. The fourth-order valence-corrected chi connectivity index (χ4v) is 6.79. The van der Waals surface area contributed by atoms with Gasteiger partial charge in [0.15, 0.2) is 11.9 Å². The van der Waals surface area contributed by atoms with Crippen molar-refractivity contribution in [2.45, 2.75) is 97.9 Å². The van der Waals surface area contributed by atoms with Crippen molar-refractivity contribution in [3.63, 3.8) is 0 Å². The van der Waals surface area contributed by atoms with Gasteiger partial charge in [0.05, 0.1) is 7.11 Å². The summed E-state index contributed by atoms with van der Waals surface area (Å²) in [4.78, 5) is 74.7. The van der Waals surface area contributed by atoms with Crippen molar-refractivity contribution in [3.8, 4) is 5.75 Å². The number of likely N-dealkylation sites (N-methyl/N-ethyl adjacent to an activating group) is 3. The molecule has 57 heavy (non-hydrogen) atoms. The van der Waals surface area contributed by atoms with Crippen molar-refractivity contribution in [1.82, 2.24) is 14.7 Å². The van der Waals surface area contributed by atoms with Crippen molar-refractivity contribution in [2.75, 3.05) is 35.3 Å². The number of amides is 2. The molecule has 11 heteroatoms. The molecule has 0 unspecified atom stereocenters. The van der Waals surface area contributed by atoms with Gasteiger partial charge in [0, 0.05) is 45.2 Å². The molecular weight excluding hydrogens is 723 g/mol. The van der Waals surface area contributed by atoms with E-state index in [-0.39, 0.29) is 42.6 Å². The van der Waals surface area contributed by atoms with Crippen LogP contribution in [0.15, 0.2) is 72.8 Å². The maximum absolute atomic E-state index is 14.6. The third kappa shape index (κ3) is 13.0. The lowest BCUT2D eigenvalue weighted by Crippen LogP contribution is -2.55. The van der Waals surface area contributed by atoms with Crippen LogP contribution >= 0.6 is 0 Å². The number of aromatic hydroxyl groups is 1. The number of rotatable bonds is 20. The van der Waals surface area contributed by atoms with Gasteiger partial charge in [-0.15, -0.1) is 0 Å². The average molecular weight is 786 g/mol. The molecule has 0 bridgehead atoms. The minimum Gasteiger partial charge on any atom is -0.508 e. The first-order valence-corrected chi connectivity index (χ1v) is 19.8. The van der Waals surface area contributed by atoms with Gasteiger partial charge in [0.2, 0.25) is 11.8 Å². The predicted molar refractivity (Wildman–Crippen MR) is 221 cm³/mol. The van der Waals surface area contributed by atoms with Gasteiger partial charge in [0.1, 0.15) is 23.9 Å². The van der Waals surface area contributed by atoms with Gasteiger partial charge >= 0.3 is 11.9 Å². The summed E-state index contributed by atoms with van der Waals surface area (Å²) < 4.78 is 11.2. The Morgan fingerprint density at radius 3 is 1.51 bits per heavy atom. The molecule has 0 saturated heterocycles. The van der Waals surface area contributed by atoms with E-state index in [4.69, 9.17) is 9.47 Å². The number of benzene rings is 3. The van der Waals surface area contributed by atoms with E-state index in [1.165, 1.54) is 43.1 Å². The van der Waals surface area contributed by atoms with Gasteiger partial charge in [0.25, 0.3) is 0 Å². The van der Waals surface area contributed by atoms with Crippen LogP contribution in [0.3, 0.4) is 0 Å². The van der Waals surface area contributed by atoms with E-state index in [1.54, 1.807) is 31.1 Å². The molecule has 0 saturated carbocycles. The molecule has 0 aliphatic carbocycles. The van der Waals surface area contributed by atoms with E-state index in [0.29, 0.717) is 18.4 Å². The van der Waals surface area contributed by atoms with E-state index in [9.17, 15) is 29.1 Å². The average Bonchev–Trinajstić information content (AvgIpc) is 3.19. The SMILES string of the molecule is CC[C@H](C)[C@@H](OC(=O)[C@H](Cc1ccc(C)cc1)N(C)C)C(=O)C[C@@H](C(=O)N(C)[C@H](Cc1ccc(O)cc1)C(=O)N(C)[C@@H](Cc1ccc(C)cc1)C(=O)OC)C(C)C. The molecule has 3 aromatic rings. The largest absolute Gasteiger partial charge is 0.508 e. The zero-order valence-electron chi connectivity index (χ0n) is 35.7. The third-order valence-corrected chi connectivity index (χ3v) is 11.0. The number of hydrogen-bond donors (Lipinski definition) is 1. The van der Waals surface area contributed by atoms with Crippen LogP contribution in [0.5, 0.6) is 5.75 Å². The second kappa shape index (κ2) is 21.5. The molecule has 0 aliphatic heterocycles. The molecule has 0 heterocycles. The molecule has 3 aromatic carbocycles. The minimum atomic E-state index is -1.08. The first-order chi connectivity index (χ1) is 26.9. The van der Waals surface area contributed by atoms with Crippen LogP contribution in [-0.4, -0.2) is 109 Å². The lowest BCUT2D eigenvalue weighted by atomic mass is 9.85. The molecule has 1 N–H and O–H groups in total. The molecule has 3 rings (SSSR count). The third-order valence-electron chi connectivity index (χ3n) is 11.0. The number of methoxy groups -OCH3 is 1. The summed E-state index contributed by atoms with van der Waals surface area (Å²) in [5.74, 6) is -3.85. The molecule has 11 nitrogen and oxygen atoms in total. The number of phenolic OH excluding ortho intramolecular Hbond substituents is 1. The van der Waals surface area contributed by atoms with E-state index in [0.717, 1.165) is 22.3 Å². The Bertz CT molecular complexity index is 1790. The van der Waals surface area contributed by atoms with E-state index in [2.05, 4.69) is 0 Å². The van der Waals surface area contributed by atoms with Gasteiger partial charge in [-0.1, -0.05) is 99.5 Å². The maximum Gasteiger partial charge on any atom is 0.328 e. The van der Waals surface area contributed by atoms with Crippen LogP contribution in [-0.2, 0) is 52.7 Å². The monoisotopic (exact) mass is 785 g/mol. The van der Waals surface area contributed by atoms with Gasteiger partial charge in [-0.25, -0.2) is 4.79 Å². The molecule has 0 aromatic heterocycles. The minimum absolute atomic E-state index is 0.0500. The molecular formula is C46H63N3O8. The van der Waals surface area contributed by atoms with Crippen LogP contribution in [0.4, 0.5) is 0 Å². The first-order valence-electron chi connectivity index (χ1n) is 19.8. The Labute approximate surface area is 339 Å². The summed E-state index contributed by atoms with van der Waals surface area (Å²) in [6.07, 6.45) is -0.0562.